The number of aryl methyl sites for hydroxylation is 1. The first-order valence-corrected chi connectivity index (χ1v) is 9.97. The molecule has 0 amide bonds. The van der Waals surface area contributed by atoms with Crippen LogP contribution in [-0.2, 0) is 19.4 Å². The van der Waals surface area contributed by atoms with Crippen molar-refractivity contribution in [3.8, 4) is 0 Å². The number of hydrogen-bond donors (Lipinski definition) is 1. The van der Waals surface area contributed by atoms with Gasteiger partial charge >= 0.3 is 0 Å². The molecule has 2 heterocycles. The Labute approximate surface area is 166 Å². The number of nitrogens with two attached hydrogens (primary N) is 1. The van der Waals surface area contributed by atoms with Crippen molar-refractivity contribution in [1.29, 1.82) is 0 Å². The van der Waals surface area contributed by atoms with Gasteiger partial charge in [-0.25, -0.2) is 9.97 Å². The molecule has 0 saturated carbocycles. The average molecular weight is 371 g/mol. The second-order valence-electron chi connectivity index (χ2n) is 7.23. The molecule has 0 aliphatic rings. The highest BCUT2D eigenvalue weighted by Gasteiger charge is 2.15. The van der Waals surface area contributed by atoms with Crippen LogP contribution in [0, 0.1) is 0 Å². The number of nitrogens with zero attached hydrogens (tertiary/aromatic N) is 3. The predicted octanol–water partition coefficient (Wildman–Crippen LogP) is 5.00. The lowest BCUT2D eigenvalue weighted by Gasteiger charge is -2.10. The molecule has 0 atom stereocenters. The first kappa shape index (κ1) is 18.2. The third kappa shape index (κ3) is 3.91. The van der Waals surface area contributed by atoms with Gasteiger partial charge in [0.15, 0.2) is 5.82 Å². The van der Waals surface area contributed by atoms with Crippen molar-refractivity contribution >= 4 is 16.9 Å². The normalized spacial score (nSPS) is 11.2. The lowest BCUT2D eigenvalue weighted by Crippen LogP contribution is -2.06. The largest absolute Gasteiger partial charge is 0.382 e. The zero-order valence-electron chi connectivity index (χ0n) is 16.3. The molecule has 28 heavy (non-hydrogen) atoms. The SMILES string of the molecule is CCCCc1nc2c(N)nc(Cc3ccccc3)cc2n1Cc1ccccc1. The minimum atomic E-state index is 0.521. The number of fused-ring (bicyclic) bond motifs is 1. The molecule has 4 heteroatoms. The number of nitrogen functional groups attached to an aromatic ring is 1. The molecule has 0 aliphatic carbocycles. The third-order valence-corrected chi connectivity index (χ3v) is 5.06. The van der Waals surface area contributed by atoms with Crippen molar-refractivity contribution in [2.45, 2.75) is 39.2 Å². The summed E-state index contributed by atoms with van der Waals surface area (Å²) in [6.07, 6.45) is 3.97. The van der Waals surface area contributed by atoms with Crippen LogP contribution in [0.15, 0.2) is 66.7 Å². The van der Waals surface area contributed by atoms with E-state index in [2.05, 4.69) is 71.1 Å². The summed E-state index contributed by atoms with van der Waals surface area (Å²) in [5.74, 6) is 1.61. The second kappa shape index (κ2) is 8.26. The summed E-state index contributed by atoms with van der Waals surface area (Å²) in [7, 11) is 0. The molecule has 0 aliphatic heterocycles. The highest BCUT2D eigenvalue weighted by atomic mass is 15.1. The van der Waals surface area contributed by atoms with Crippen molar-refractivity contribution in [1.82, 2.24) is 14.5 Å². The van der Waals surface area contributed by atoms with E-state index in [9.17, 15) is 0 Å². The number of anilines is 1. The molecule has 0 bridgehead atoms. The van der Waals surface area contributed by atoms with Gasteiger partial charge in [-0.1, -0.05) is 74.0 Å². The molecule has 2 aromatic carbocycles. The molecule has 4 aromatic rings. The minimum Gasteiger partial charge on any atom is -0.382 e. The maximum absolute atomic E-state index is 6.33. The fourth-order valence-electron chi connectivity index (χ4n) is 3.61. The number of hydrogen-bond acceptors (Lipinski definition) is 3. The van der Waals surface area contributed by atoms with Crippen LogP contribution >= 0.6 is 0 Å². The monoisotopic (exact) mass is 370 g/mol. The van der Waals surface area contributed by atoms with E-state index in [4.69, 9.17) is 10.7 Å². The summed E-state index contributed by atoms with van der Waals surface area (Å²) in [6, 6.07) is 23.1. The van der Waals surface area contributed by atoms with Crippen LogP contribution in [0.25, 0.3) is 11.0 Å². The Hall–Kier alpha value is -3.14. The van der Waals surface area contributed by atoms with Crippen LogP contribution in [0.5, 0.6) is 0 Å². The minimum absolute atomic E-state index is 0.521. The summed E-state index contributed by atoms with van der Waals surface area (Å²) in [5, 5.41) is 0. The highest BCUT2D eigenvalue weighted by molar-refractivity contribution is 5.86. The van der Waals surface area contributed by atoms with Crippen molar-refractivity contribution in [3.05, 3.63) is 89.4 Å². The van der Waals surface area contributed by atoms with E-state index in [1.165, 1.54) is 11.1 Å². The Morgan fingerprint density at radius 3 is 2.25 bits per heavy atom. The van der Waals surface area contributed by atoms with Crippen LogP contribution < -0.4 is 5.73 Å². The van der Waals surface area contributed by atoms with Gasteiger partial charge < -0.3 is 10.3 Å². The number of unbranched alkanes of at least 4 members (excludes halogenated alkanes) is 1. The molecule has 2 aromatic heterocycles. The lowest BCUT2D eigenvalue weighted by atomic mass is 10.1. The van der Waals surface area contributed by atoms with Crippen molar-refractivity contribution in [2.75, 3.05) is 5.73 Å². The number of aromatic nitrogens is 3. The zero-order valence-corrected chi connectivity index (χ0v) is 16.3. The maximum atomic E-state index is 6.33. The summed E-state index contributed by atoms with van der Waals surface area (Å²) in [4.78, 5) is 9.51. The number of benzene rings is 2. The standard InChI is InChI=1S/C24H26N4/c1-2-3-14-22-27-23-21(28(22)17-19-12-8-5-9-13-19)16-20(26-24(23)25)15-18-10-6-4-7-11-18/h4-13,16H,2-3,14-15,17H2,1H3,(H2,25,26). The highest BCUT2D eigenvalue weighted by Crippen LogP contribution is 2.25. The van der Waals surface area contributed by atoms with Crippen LogP contribution in [-0.4, -0.2) is 14.5 Å². The first-order chi connectivity index (χ1) is 13.7. The van der Waals surface area contributed by atoms with Gasteiger partial charge in [0, 0.05) is 25.1 Å². The Morgan fingerprint density at radius 1 is 0.893 bits per heavy atom. The van der Waals surface area contributed by atoms with E-state index in [0.29, 0.717) is 5.82 Å². The van der Waals surface area contributed by atoms with Crippen molar-refractivity contribution < 1.29 is 0 Å². The van der Waals surface area contributed by atoms with Crippen LogP contribution in [0.1, 0.15) is 42.4 Å². The molecule has 4 rings (SSSR count). The topological polar surface area (TPSA) is 56.7 Å². The van der Waals surface area contributed by atoms with Gasteiger partial charge in [0.05, 0.1) is 5.52 Å². The van der Waals surface area contributed by atoms with E-state index in [-0.39, 0.29) is 0 Å². The van der Waals surface area contributed by atoms with E-state index in [1.807, 2.05) is 12.1 Å². The quantitative estimate of drug-likeness (QED) is 0.498. The fourth-order valence-corrected chi connectivity index (χ4v) is 3.61. The van der Waals surface area contributed by atoms with E-state index in [0.717, 1.165) is 54.8 Å². The molecule has 0 fully saturated rings. The summed E-state index contributed by atoms with van der Waals surface area (Å²) < 4.78 is 2.31. The Bertz CT molecular complexity index is 1050. The van der Waals surface area contributed by atoms with Crippen molar-refractivity contribution in [3.63, 3.8) is 0 Å². The van der Waals surface area contributed by atoms with Gasteiger partial charge in [-0.2, -0.15) is 0 Å². The van der Waals surface area contributed by atoms with E-state index in [1.54, 1.807) is 0 Å². The summed E-state index contributed by atoms with van der Waals surface area (Å²) >= 11 is 0. The number of imidazole rings is 1. The van der Waals surface area contributed by atoms with Gasteiger partial charge in [-0.3, -0.25) is 0 Å². The van der Waals surface area contributed by atoms with Crippen LogP contribution in [0.3, 0.4) is 0 Å². The predicted molar refractivity (Wildman–Crippen MR) is 115 cm³/mol. The van der Waals surface area contributed by atoms with Gasteiger partial charge in [0.2, 0.25) is 0 Å². The molecule has 0 radical (unpaired) electrons. The van der Waals surface area contributed by atoms with E-state index < -0.39 is 0 Å². The molecule has 0 spiro atoms. The van der Waals surface area contributed by atoms with E-state index >= 15 is 0 Å². The van der Waals surface area contributed by atoms with Crippen molar-refractivity contribution in [2.24, 2.45) is 0 Å². The van der Waals surface area contributed by atoms with Gasteiger partial charge in [-0.15, -0.1) is 0 Å². The smallest absolute Gasteiger partial charge is 0.151 e. The van der Waals surface area contributed by atoms with Crippen LogP contribution in [0.4, 0.5) is 5.82 Å². The molecule has 4 nitrogen and oxygen atoms in total. The number of rotatable bonds is 7. The third-order valence-electron chi connectivity index (χ3n) is 5.06. The fraction of sp³-hybridized carbons (Fsp3) is 0.250. The molecule has 142 valence electrons. The first-order valence-electron chi connectivity index (χ1n) is 9.97. The lowest BCUT2D eigenvalue weighted by molar-refractivity contribution is 0.690. The van der Waals surface area contributed by atoms with Gasteiger partial charge in [-0.05, 0) is 23.6 Å². The Morgan fingerprint density at radius 2 is 1.57 bits per heavy atom. The molecular weight excluding hydrogens is 344 g/mol. The maximum Gasteiger partial charge on any atom is 0.151 e. The van der Waals surface area contributed by atoms with Crippen LogP contribution in [0.2, 0.25) is 0 Å². The molecule has 0 unspecified atom stereocenters. The molecular formula is C24H26N4. The van der Waals surface area contributed by atoms with Gasteiger partial charge in [0.25, 0.3) is 0 Å². The Kier molecular flexibility index (Phi) is 5.38. The Balaban J connectivity index is 1.78. The zero-order chi connectivity index (χ0) is 19.3. The molecule has 2 N–H and O–H groups in total. The average Bonchev–Trinajstić information content (AvgIpc) is 3.06. The van der Waals surface area contributed by atoms with Gasteiger partial charge in [0.1, 0.15) is 11.3 Å². The summed E-state index contributed by atoms with van der Waals surface area (Å²) in [5.41, 5.74) is 11.7. The molecule has 0 saturated heterocycles. The number of pyridine rings is 1. The summed E-state index contributed by atoms with van der Waals surface area (Å²) in [6.45, 7) is 3.00. The second-order valence-corrected chi connectivity index (χ2v) is 7.23.